The Hall–Kier alpha value is -1.42. The molecule has 30 heavy (non-hydrogen) atoms. The third-order valence-electron chi connectivity index (χ3n) is 7.02. The van der Waals surface area contributed by atoms with Crippen LogP contribution in [0, 0.1) is 0 Å². The molecule has 0 amide bonds. The van der Waals surface area contributed by atoms with Crippen LogP contribution in [-0.4, -0.2) is 4.75 Å². The second-order valence-corrected chi connectivity index (χ2v) is 11.7. The second-order valence-electron chi connectivity index (χ2n) is 8.85. The van der Waals surface area contributed by atoms with Crippen molar-refractivity contribution in [3.05, 3.63) is 81.8 Å². The topological polar surface area (TPSA) is 3.24 Å². The van der Waals surface area contributed by atoms with Crippen molar-refractivity contribution < 1.29 is 0 Å². The molecule has 2 unspecified atom stereocenters. The highest BCUT2D eigenvalue weighted by Crippen LogP contribution is 2.63. The molecule has 0 bridgehead atoms. The van der Waals surface area contributed by atoms with Gasteiger partial charge in [0.15, 0.2) is 0 Å². The maximum Gasteiger partial charge on any atom is 0.0487 e. The van der Waals surface area contributed by atoms with Crippen molar-refractivity contribution in [1.29, 1.82) is 0 Å². The van der Waals surface area contributed by atoms with Gasteiger partial charge >= 0.3 is 0 Å². The molecule has 0 N–H and O–H groups in total. The first-order valence-corrected chi connectivity index (χ1v) is 12.5. The van der Waals surface area contributed by atoms with Crippen LogP contribution < -0.4 is 4.90 Å². The molecule has 154 valence electrons. The maximum atomic E-state index is 6.43. The lowest BCUT2D eigenvalue weighted by molar-refractivity contribution is 0.260. The van der Waals surface area contributed by atoms with Crippen molar-refractivity contribution in [3.63, 3.8) is 0 Å². The lowest BCUT2D eigenvalue weighted by Gasteiger charge is -2.45. The van der Waals surface area contributed by atoms with Crippen LogP contribution in [0.1, 0.15) is 45.1 Å². The van der Waals surface area contributed by atoms with Gasteiger partial charge in [-0.25, -0.2) is 0 Å². The van der Waals surface area contributed by atoms with E-state index in [1.165, 1.54) is 41.8 Å². The summed E-state index contributed by atoms with van der Waals surface area (Å²) in [6.45, 7) is 4.96. The number of anilines is 3. The molecule has 4 heteroatoms. The largest absolute Gasteiger partial charge is 0.310 e. The molecule has 2 aliphatic rings. The van der Waals surface area contributed by atoms with Gasteiger partial charge in [0.25, 0.3) is 0 Å². The zero-order chi connectivity index (χ0) is 20.9. The number of halogens is 2. The van der Waals surface area contributed by atoms with Crippen LogP contribution in [0.5, 0.6) is 0 Å². The number of nitrogens with zero attached hydrogens (tertiary/aromatic N) is 1. The molecule has 1 aliphatic carbocycles. The Bertz CT molecular complexity index is 1080. The van der Waals surface area contributed by atoms with Gasteiger partial charge in [-0.1, -0.05) is 65.5 Å². The second kappa shape index (κ2) is 7.62. The first-order chi connectivity index (χ1) is 14.4. The van der Waals surface area contributed by atoms with Crippen molar-refractivity contribution in [1.82, 2.24) is 0 Å². The normalized spacial score (nSPS) is 24.9. The molecule has 1 nitrogen and oxygen atoms in total. The number of hydrogen-bond donors (Lipinski definition) is 0. The van der Waals surface area contributed by atoms with Crippen LogP contribution in [0.2, 0.25) is 5.02 Å². The van der Waals surface area contributed by atoms with Gasteiger partial charge in [0.05, 0.1) is 0 Å². The average molecular weight is 499 g/mol. The van der Waals surface area contributed by atoms with E-state index in [9.17, 15) is 0 Å². The van der Waals surface area contributed by atoms with Gasteiger partial charge in [-0.15, -0.1) is 11.8 Å². The molecule has 2 atom stereocenters. The third kappa shape index (κ3) is 3.30. The molecular weight excluding hydrogens is 474 g/mol. The van der Waals surface area contributed by atoms with Gasteiger partial charge < -0.3 is 4.90 Å². The van der Waals surface area contributed by atoms with E-state index in [0.717, 1.165) is 20.9 Å². The number of fused-ring (bicyclic) bond motifs is 3. The summed E-state index contributed by atoms with van der Waals surface area (Å²) in [5.74, 6) is 0. The van der Waals surface area contributed by atoms with Gasteiger partial charge in [-0.05, 0) is 73.9 Å². The Labute approximate surface area is 197 Å². The summed E-state index contributed by atoms with van der Waals surface area (Å²) in [4.78, 5) is 3.76. The number of thioether (sulfide) groups is 1. The number of para-hydroxylation sites is 1. The molecule has 1 saturated carbocycles. The Morgan fingerprint density at radius 2 is 1.63 bits per heavy atom. The minimum Gasteiger partial charge on any atom is -0.310 e. The minimum atomic E-state index is 0.221. The van der Waals surface area contributed by atoms with E-state index in [-0.39, 0.29) is 5.41 Å². The first-order valence-electron chi connectivity index (χ1n) is 10.5. The summed E-state index contributed by atoms with van der Waals surface area (Å²) in [5, 5.41) is 0.726. The van der Waals surface area contributed by atoms with Crippen LogP contribution in [0.3, 0.4) is 0 Å². The fraction of sp³-hybridized carbons (Fsp3) is 0.308. The Morgan fingerprint density at radius 1 is 0.867 bits per heavy atom. The Balaban J connectivity index is 1.67. The van der Waals surface area contributed by atoms with Gasteiger partial charge in [-0.2, -0.15) is 0 Å². The lowest BCUT2D eigenvalue weighted by atomic mass is 9.64. The summed E-state index contributed by atoms with van der Waals surface area (Å²) in [6, 6.07) is 23.7. The molecule has 1 fully saturated rings. The molecular formula is C26H25BrClNS. The molecule has 0 spiro atoms. The van der Waals surface area contributed by atoms with Crippen LogP contribution in [-0.2, 0) is 5.41 Å². The highest BCUT2D eigenvalue weighted by Gasteiger charge is 2.53. The summed E-state index contributed by atoms with van der Waals surface area (Å²) in [6.07, 6.45) is 5.22. The van der Waals surface area contributed by atoms with E-state index >= 15 is 0 Å². The van der Waals surface area contributed by atoms with Gasteiger partial charge in [0, 0.05) is 41.6 Å². The average Bonchev–Trinajstić information content (AvgIpc) is 2.95. The van der Waals surface area contributed by atoms with Crippen molar-refractivity contribution >= 4 is 56.4 Å². The summed E-state index contributed by atoms with van der Waals surface area (Å²) >= 11 is 12.1. The van der Waals surface area contributed by atoms with Crippen molar-refractivity contribution in [2.24, 2.45) is 0 Å². The summed E-state index contributed by atoms with van der Waals surface area (Å²) < 4.78 is 1.28. The summed E-state index contributed by atoms with van der Waals surface area (Å²) in [7, 11) is 0. The predicted molar refractivity (Wildman–Crippen MR) is 134 cm³/mol. The van der Waals surface area contributed by atoms with Crippen molar-refractivity contribution in [3.8, 4) is 0 Å². The van der Waals surface area contributed by atoms with Crippen LogP contribution >= 0.6 is 39.3 Å². The number of rotatable bonds is 3. The zero-order valence-electron chi connectivity index (χ0n) is 17.3. The van der Waals surface area contributed by atoms with Gasteiger partial charge in [0.1, 0.15) is 0 Å². The minimum absolute atomic E-state index is 0.221. The lowest BCUT2D eigenvalue weighted by Crippen LogP contribution is -2.43. The summed E-state index contributed by atoms with van der Waals surface area (Å²) in [5.41, 5.74) is 5.11. The van der Waals surface area contributed by atoms with E-state index in [1.54, 1.807) is 0 Å². The Kier molecular flexibility index (Phi) is 5.20. The standard InChI is InChI=1S/C26H25BrClNS/c1-25-12-6-7-13-26(25,2)30-24-11-10-21(17-23(24)25)29(20-8-4-3-5-9-20)22-15-18(27)14-19(28)16-22/h3-5,8-11,14-17H,6-7,12-13H2,1-2H3. The fourth-order valence-corrected chi connectivity index (χ4v) is 7.72. The third-order valence-corrected chi connectivity index (χ3v) is 9.38. The van der Waals surface area contributed by atoms with E-state index in [4.69, 9.17) is 11.6 Å². The highest BCUT2D eigenvalue weighted by molar-refractivity contribution is 9.10. The number of hydrogen-bond acceptors (Lipinski definition) is 2. The van der Waals surface area contributed by atoms with Crippen molar-refractivity contribution in [2.75, 3.05) is 4.90 Å². The molecule has 0 radical (unpaired) electrons. The highest BCUT2D eigenvalue weighted by atomic mass is 79.9. The van der Waals surface area contributed by atoms with Crippen LogP contribution in [0.4, 0.5) is 17.1 Å². The molecule has 0 aromatic heterocycles. The molecule has 1 aliphatic heterocycles. The first kappa shape index (κ1) is 20.5. The molecule has 3 aromatic carbocycles. The maximum absolute atomic E-state index is 6.43. The smallest absolute Gasteiger partial charge is 0.0487 e. The van der Waals surface area contributed by atoms with Crippen LogP contribution in [0.25, 0.3) is 0 Å². The van der Waals surface area contributed by atoms with Crippen LogP contribution in [0.15, 0.2) is 76.1 Å². The predicted octanol–water partition coefficient (Wildman–Crippen LogP) is 9.27. The Morgan fingerprint density at radius 3 is 2.40 bits per heavy atom. The van der Waals surface area contributed by atoms with Gasteiger partial charge in [0.2, 0.25) is 0 Å². The molecule has 1 heterocycles. The fourth-order valence-electron chi connectivity index (χ4n) is 5.18. The molecule has 0 saturated heterocycles. The van der Waals surface area contributed by atoms with E-state index in [2.05, 4.69) is 101 Å². The van der Waals surface area contributed by atoms with E-state index < -0.39 is 0 Å². The molecule has 3 aromatic rings. The molecule has 5 rings (SSSR count). The number of benzene rings is 3. The SMILES string of the molecule is CC12CCCCC1(C)c1cc(N(c3ccccc3)c3cc(Cl)cc(Br)c3)ccc1S2. The van der Waals surface area contributed by atoms with E-state index in [1.807, 2.05) is 12.1 Å². The monoisotopic (exact) mass is 497 g/mol. The quantitative estimate of drug-likeness (QED) is 0.354. The van der Waals surface area contributed by atoms with E-state index in [0.29, 0.717) is 4.75 Å². The zero-order valence-corrected chi connectivity index (χ0v) is 20.4. The van der Waals surface area contributed by atoms with Gasteiger partial charge in [-0.3, -0.25) is 0 Å². The van der Waals surface area contributed by atoms with Crippen molar-refractivity contribution in [2.45, 2.75) is 54.6 Å².